The number of carbonyl (C=O) groups excluding carboxylic acids is 2. The summed E-state index contributed by atoms with van der Waals surface area (Å²) in [6, 6.07) is 9.83. The minimum Gasteiger partial charge on any atom is -0.403 e. The van der Waals surface area contributed by atoms with Gasteiger partial charge in [-0.2, -0.15) is 5.10 Å². The Balaban J connectivity index is 1.68. The van der Waals surface area contributed by atoms with E-state index < -0.39 is 0 Å². The van der Waals surface area contributed by atoms with Crippen molar-refractivity contribution in [2.24, 2.45) is 12.8 Å². The zero-order valence-corrected chi connectivity index (χ0v) is 21.2. The van der Waals surface area contributed by atoms with Crippen molar-refractivity contribution in [1.82, 2.24) is 35.3 Å². The number of carbonyl (C=O) groups is 2. The van der Waals surface area contributed by atoms with Gasteiger partial charge in [0.1, 0.15) is 5.82 Å². The van der Waals surface area contributed by atoms with Crippen LogP contribution in [0.1, 0.15) is 44.0 Å². The van der Waals surface area contributed by atoms with E-state index >= 15 is 0 Å². The van der Waals surface area contributed by atoms with Crippen molar-refractivity contribution in [1.29, 1.82) is 0 Å². The first-order valence-corrected chi connectivity index (χ1v) is 12.1. The Morgan fingerprint density at radius 3 is 2.56 bits per heavy atom. The van der Waals surface area contributed by atoms with Gasteiger partial charge in [-0.25, -0.2) is 4.98 Å². The highest BCUT2D eigenvalue weighted by Crippen LogP contribution is 2.25. The van der Waals surface area contributed by atoms with Crippen LogP contribution in [0.4, 0.5) is 0 Å². The molecule has 0 bridgehead atoms. The highest BCUT2D eigenvalue weighted by molar-refractivity contribution is 5.78. The standard InChI is InChI=1S/C26H36N8O2/c1-28-24(35)8-6-4-5-7-22(30-25(36)18-33(2)16-14-27)26-29-17-23(31-26)20-11-9-19(10-12-20)21-13-15-34(3)32-21/h9-17,22H,4-8,18,27H2,1-3H3,(H,28,35)(H,29,31)(H,30,36)/b16-14-/t22-/m0/s1. The van der Waals surface area contributed by atoms with Gasteiger partial charge in [0.2, 0.25) is 11.8 Å². The Kier molecular flexibility index (Phi) is 9.67. The molecule has 192 valence electrons. The smallest absolute Gasteiger partial charge is 0.240 e. The molecule has 10 heteroatoms. The minimum atomic E-state index is -0.269. The molecule has 0 unspecified atom stereocenters. The number of H-pyrrole nitrogens is 1. The molecule has 2 heterocycles. The molecule has 0 aliphatic carbocycles. The lowest BCUT2D eigenvalue weighted by molar-refractivity contribution is -0.122. The minimum absolute atomic E-state index is 0.0422. The van der Waals surface area contributed by atoms with E-state index in [0.29, 0.717) is 18.7 Å². The highest BCUT2D eigenvalue weighted by atomic mass is 16.2. The van der Waals surface area contributed by atoms with Crippen LogP contribution in [0.5, 0.6) is 0 Å². The quantitative estimate of drug-likeness (QED) is 0.271. The van der Waals surface area contributed by atoms with Crippen LogP contribution in [0.3, 0.4) is 0 Å². The Morgan fingerprint density at radius 1 is 1.14 bits per heavy atom. The molecule has 2 aromatic heterocycles. The first-order valence-electron chi connectivity index (χ1n) is 12.1. The van der Waals surface area contributed by atoms with Gasteiger partial charge in [0.25, 0.3) is 0 Å². The SMILES string of the molecule is CNC(=O)CCCCC[C@H](NC(=O)CN(C)/C=C\N)c1ncc(-c2ccc(-c3ccn(C)n3)cc2)[nH]1. The lowest BCUT2D eigenvalue weighted by atomic mass is 10.1. The molecule has 0 saturated heterocycles. The number of amides is 2. The van der Waals surface area contributed by atoms with Crippen LogP contribution in [0.2, 0.25) is 0 Å². The van der Waals surface area contributed by atoms with E-state index in [1.54, 1.807) is 36.1 Å². The summed E-state index contributed by atoms with van der Waals surface area (Å²) in [5, 5.41) is 10.2. The topological polar surface area (TPSA) is 134 Å². The molecule has 36 heavy (non-hydrogen) atoms. The Hall–Kier alpha value is -4.08. The summed E-state index contributed by atoms with van der Waals surface area (Å²) in [5.41, 5.74) is 9.25. The van der Waals surface area contributed by atoms with Gasteiger partial charge in [0.05, 0.1) is 30.2 Å². The van der Waals surface area contributed by atoms with Crippen LogP contribution < -0.4 is 16.4 Å². The van der Waals surface area contributed by atoms with Crippen molar-refractivity contribution < 1.29 is 9.59 Å². The fourth-order valence-corrected chi connectivity index (χ4v) is 3.93. The molecule has 0 aliphatic rings. The fourth-order valence-electron chi connectivity index (χ4n) is 3.93. The number of likely N-dealkylation sites (N-methyl/N-ethyl adjacent to an activating group) is 1. The second-order valence-electron chi connectivity index (χ2n) is 8.78. The predicted octanol–water partition coefficient (Wildman–Crippen LogP) is 2.69. The summed E-state index contributed by atoms with van der Waals surface area (Å²) in [5.74, 6) is 0.625. The molecule has 3 rings (SSSR count). The summed E-state index contributed by atoms with van der Waals surface area (Å²) in [4.78, 5) is 33.8. The van der Waals surface area contributed by atoms with Crippen LogP contribution in [0, 0.1) is 0 Å². The number of imidazole rings is 1. The number of aromatic amines is 1. The molecule has 0 aliphatic heterocycles. The molecule has 0 saturated carbocycles. The number of unbranched alkanes of at least 4 members (excludes halogenated alkanes) is 2. The molecular formula is C26H36N8O2. The Morgan fingerprint density at radius 2 is 1.89 bits per heavy atom. The third kappa shape index (κ3) is 7.72. The first kappa shape index (κ1) is 26.5. The molecule has 2 amide bonds. The van der Waals surface area contributed by atoms with E-state index in [1.165, 1.54) is 6.20 Å². The van der Waals surface area contributed by atoms with Crippen molar-refractivity contribution in [3.8, 4) is 22.5 Å². The van der Waals surface area contributed by atoms with Crippen molar-refractivity contribution in [2.75, 3.05) is 20.6 Å². The number of rotatable bonds is 13. The molecule has 5 N–H and O–H groups in total. The summed E-state index contributed by atoms with van der Waals surface area (Å²) in [7, 11) is 5.33. The van der Waals surface area contributed by atoms with Gasteiger partial charge < -0.3 is 26.3 Å². The van der Waals surface area contributed by atoms with Crippen molar-refractivity contribution in [3.05, 3.63) is 60.9 Å². The summed E-state index contributed by atoms with van der Waals surface area (Å²) < 4.78 is 1.78. The van der Waals surface area contributed by atoms with Gasteiger partial charge in [-0.05, 0) is 24.5 Å². The van der Waals surface area contributed by atoms with E-state index in [9.17, 15) is 9.59 Å². The van der Waals surface area contributed by atoms with Crippen LogP contribution in [-0.4, -0.2) is 57.1 Å². The summed E-state index contributed by atoms with van der Waals surface area (Å²) >= 11 is 0. The third-order valence-electron chi connectivity index (χ3n) is 5.88. The first-order chi connectivity index (χ1) is 17.4. The number of hydrogen-bond donors (Lipinski definition) is 4. The zero-order valence-electron chi connectivity index (χ0n) is 21.2. The van der Waals surface area contributed by atoms with Gasteiger partial charge in [0, 0.05) is 51.7 Å². The van der Waals surface area contributed by atoms with Gasteiger partial charge in [-0.1, -0.05) is 37.1 Å². The molecular weight excluding hydrogens is 456 g/mol. The monoisotopic (exact) mass is 492 g/mol. The largest absolute Gasteiger partial charge is 0.403 e. The van der Waals surface area contributed by atoms with E-state index in [2.05, 4.69) is 25.7 Å². The third-order valence-corrected chi connectivity index (χ3v) is 5.88. The Labute approximate surface area is 212 Å². The molecule has 0 fully saturated rings. The van der Waals surface area contributed by atoms with E-state index in [-0.39, 0.29) is 24.4 Å². The average molecular weight is 493 g/mol. The number of aryl methyl sites for hydroxylation is 1. The maximum atomic E-state index is 12.7. The van der Waals surface area contributed by atoms with Gasteiger partial charge in [0.15, 0.2) is 0 Å². The van der Waals surface area contributed by atoms with E-state index in [0.717, 1.165) is 41.8 Å². The number of nitrogens with one attached hydrogen (secondary N) is 3. The highest BCUT2D eigenvalue weighted by Gasteiger charge is 2.19. The van der Waals surface area contributed by atoms with Gasteiger partial charge >= 0.3 is 0 Å². The molecule has 1 atom stereocenters. The lowest BCUT2D eigenvalue weighted by Gasteiger charge is -2.19. The van der Waals surface area contributed by atoms with Crippen LogP contribution in [0.15, 0.2) is 55.1 Å². The molecule has 3 aromatic rings. The van der Waals surface area contributed by atoms with Crippen LogP contribution >= 0.6 is 0 Å². The van der Waals surface area contributed by atoms with Crippen molar-refractivity contribution in [2.45, 2.75) is 38.1 Å². The summed E-state index contributed by atoms with van der Waals surface area (Å²) in [6.07, 6.45) is 10.5. The molecule has 10 nitrogen and oxygen atoms in total. The Bertz CT molecular complexity index is 1150. The summed E-state index contributed by atoms with van der Waals surface area (Å²) in [6.45, 7) is 0.184. The number of hydrogen-bond acceptors (Lipinski definition) is 6. The maximum Gasteiger partial charge on any atom is 0.240 e. The molecule has 0 spiro atoms. The number of nitrogens with two attached hydrogens (primary N) is 1. The normalized spacial score (nSPS) is 12.0. The van der Waals surface area contributed by atoms with E-state index in [1.807, 2.05) is 43.6 Å². The number of benzene rings is 1. The second-order valence-corrected chi connectivity index (χ2v) is 8.78. The fraction of sp³-hybridized carbons (Fsp3) is 0.385. The van der Waals surface area contributed by atoms with Crippen molar-refractivity contribution >= 4 is 11.8 Å². The predicted molar refractivity (Wildman–Crippen MR) is 140 cm³/mol. The van der Waals surface area contributed by atoms with Gasteiger partial charge in [-0.3, -0.25) is 14.3 Å². The average Bonchev–Trinajstić information content (AvgIpc) is 3.52. The van der Waals surface area contributed by atoms with Crippen LogP contribution in [0.25, 0.3) is 22.5 Å². The molecule has 0 radical (unpaired) electrons. The lowest BCUT2D eigenvalue weighted by Crippen LogP contribution is -2.36. The van der Waals surface area contributed by atoms with Crippen molar-refractivity contribution in [3.63, 3.8) is 0 Å². The van der Waals surface area contributed by atoms with Crippen LogP contribution in [-0.2, 0) is 16.6 Å². The van der Waals surface area contributed by atoms with Gasteiger partial charge in [-0.15, -0.1) is 0 Å². The maximum absolute atomic E-state index is 12.7. The number of nitrogens with zero attached hydrogens (tertiary/aromatic N) is 4. The molecule has 1 aromatic carbocycles. The van der Waals surface area contributed by atoms with E-state index in [4.69, 9.17) is 5.73 Å². The number of aromatic nitrogens is 4. The zero-order chi connectivity index (χ0) is 25.9. The second kappa shape index (κ2) is 13.1.